The van der Waals surface area contributed by atoms with E-state index in [1.165, 1.54) is 0 Å². The van der Waals surface area contributed by atoms with Crippen LogP contribution in [0.2, 0.25) is 0 Å². The highest BCUT2D eigenvalue weighted by molar-refractivity contribution is 5.18. The Kier molecular flexibility index (Phi) is 4.94. The van der Waals surface area contributed by atoms with Crippen molar-refractivity contribution < 1.29 is 10.2 Å². The van der Waals surface area contributed by atoms with Crippen molar-refractivity contribution >= 4 is 0 Å². The number of hydrogen-bond donors (Lipinski definition) is 2. The second-order valence-corrected chi connectivity index (χ2v) is 8.39. The van der Waals surface area contributed by atoms with Gasteiger partial charge in [-0.1, -0.05) is 51.5 Å². The summed E-state index contributed by atoms with van der Waals surface area (Å²) in [7, 11) is 0. The molecular formula is C20H34O2. The predicted octanol–water partition coefficient (Wildman–Crippen LogP) is 4.47. The van der Waals surface area contributed by atoms with E-state index in [4.69, 9.17) is 0 Å². The molecule has 22 heavy (non-hydrogen) atoms. The van der Waals surface area contributed by atoms with E-state index in [2.05, 4.69) is 33.4 Å². The number of allylic oxidation sites excluding steroid dienone is 2. The van der Waals surface area contributed by atoms with Gasteiger partial charge in [-0.3, -0.25) is 0 Å². The van der Waals surface area contributed by atoms with Crippen LogP contribution in [0.4, 0.5) is 0 Å². The van der Waals surface area contributed by atoms with E-state index < -0.39 is 5.60 Å². The third kappa shape index (κ3) is 2.59. The van der Waals surface area contributed by atoms with Gasteiger partial charge in [-0.05, 0) is 56.3 Å². The number of aliphatic hydroxyl groups is 2. The molecule has 2 fully saturated rings. The van der Waals surface area contributed by atoms with Crippen molar-refractivity contribution in [1.82, 2.24) is 0 Å². The van der Waals surface area contributed by atoms with Crippen LogP contribution in [0.3, 0.4) is 0 Å². The summed E-state index contributed by atoms with van der Waals surface area (Å²) < 4.78 is 0. The number of hydrogen-bond acceptors (Lipinski definition) is 2. The molecule has 2 aliphatic carbocycles. The van der Waals surface area contributed by atoms with Gasteiger partial charge in [-0.2, -0.15) is 0 Å². The maximum atomic E-state index is 11.7. The summed E-state index contributed by atoms with van der Waals surface area (Å²) in [6.07, 6.45) is 10.1. The molecular weight excluding hydrogens is 272 g/mol. The molecule has 0 heterocycles. The quantitative estimate of drug-likeness (QED) is 0.752. The Balaban J connectivity index is 2.41. The fourth-order valence-corrected chi connectivity index (χ4v) is 5.40. The Morgan fingerprint density at radius 1 is 1.27 bits per heavy atom. The zero-order chi connectivity index (χ0) is 16.6. The van der Waals surface area contributed by atoms with E-state index in [-0.39, 0.29) is 17.4 Å². The van der Waals surface area contributed by atoms with E-state index in [0.717, 1.165) is 37.7 Å². The minimum Gasteiger partial charge on any atom is -0.396 e. The van der Waals surface area contributed by atoms with Gasteiger partial charge in [0.15, 0.2) is 0 Å². The second-order valence-electron chi connectivity index (χ2n) is 8.39. The third-order valence-corrected chi connectivity index (χ3v) is 7.17. The van der Waals surface area contributed by atoms with Crippen LogP contribution in [0.15, 0.2) is 24.3 Å². The minimum absolute atomic E-state index is 0.0433. The normalized spacial score (nSPS) is 46.2. The molecule has 0 aromatic heterocycles. The molecule has 0 radical (unpaired) electrons. The summed E-state index contributed by atoms with van der Waals surface area (Å²) in [6.45, 7) is 12.8. The second kappa shape index (κ2) is 6.13. The smallest absolute Gasteiger partial charge is 0.0763 e. The molecule has 0 unspecified atom stereocenters. The van der Waals surface area contributed by atoms with Crippen molar-refractivity contribution in [2.45, 2.75) is 71.8 Å². The molecule has 2 aliphatic rings. The van der Waals surface area contributed by atoms with E-state index in [1.54, 1.807) is 0 Å². The molecule has 2 rings (SSSR count). The predicted molar refractivity (Wildman–Crippen MR) is 92.6 cm³/mol. The maximum Gasteiger partial charge on any atom is 0.0763 e. The molecule has 0 amide bonds. The monoisotopic (exact) mass is 306 g/mol. The topological polar surface area (TPSA) is 40.5 Å². The van der Waals surface area contributed by atoms with Gasteiger partial charge in [0.2, 0.25) is 0 Å². The number of rotatable bonds is 4. The Bertz CT molecular complexity index is 455. The summed E-state index contributed by atoms with van der Waals surface area (Å²) >= 11 is 0. The summed E-state index contributed by atoms with van der Waals surface area (Å²) in [5.41, 5.74) is 0.292. The molecule has 5 atom stereocenters. The standard InChI is InChI=1S/C20H34O2/c1-6-15(2)10-13-20(22)16(3)8-9-17-18(4,14-21)11-7-12-19(17,20)5/h6,10,16-17,21-22H,1,7-9,11-14H2,2-5H3/b15-10+/t16-,17+,18-,19-,20+/m0/s1. The van der Waals surface area contributed by atoms with Crippen LogP contribution in [0, 0.1) is 22.7 Å². The maximum absolute atomic E-state index is 11.7. The van der Waals surface area contributed by atoms with Crippen LogP contribution in [0.25, 0.3) is 0 Å². The Hall–Kier alpha value is -0.600. The van der Waals surface area contributed by atoms with Crippen LogP contribution in [0.1, 0.15) is 66.2 Å². The minimum atomic E-state index is -0.683. The molecule has 2 N–H and O–H groups in total. The third-order valence-electron chi connectivity index (χ3n) is 7.17. The van der Waals surface area contributed by atoms with Crippen LogP contribution < -0.4 is 0 Å². The Labute approximate surface area is 136 Å². The average Bonchev–Trinajstić information content (AvgIpc) is 2.50. The molecule has 0 aromatic carbocycles. The van der Waals surface area contributed by atoms with E-state index >= 15 is 0 Å². The van der Waals surface area contributed by atoms with Gasteiger partial charge >= 0.3 is 0 Å². The van der Waals surface area contributed by atoms with E-state index in [9.17, 15) is 10.2 Å². The fraction of sp³-hybridized carbons (Fsp3) is 0.800. The van der Waals surface area contributed by atoms with Gasteiger partial charge in [-0.25, -0.2) is 0 Å². The lowest BCUT2D eigenvalue weighted by Crippen LogP contribution is -2.63. The highest BCUT2D eigenvalue weighted by Gasteiger charge is 2.61. The summed E-state index contributed by atoms with van der Waals surface area (Å²) in [4.78, 5) is 0. The molecule has 0 aromatic rings. The first-order chi connectivity index (χ1) is 10.2. The first kappa shape index (κ1) is 17.7. The van der Waals surface area contributed by atoms with E-state index in [1.807, 2.05) is 13.0 Å². The van der Waals surface area contributed by atoms with Crippen molar-refractivity contribution in [2.75, 3.05) is 6.61 Å². The van der Waals surface area contributed by atoms with Crippen molar-refractivity contribution in [3.63, 3.8) is 0 Å². The largest absolute Gasteiger partial charge is 0.396 e. The highest BCUT2D eigenvalue weighted by atomic mass is 16.3. The van der Waals surface area contributed by atoms with Crippen LogP contribution in [-0.4, -0.2) is 22.4 Å². The first-order valence-corrected chi connectivity index (χ1v) is 8.86. The van der Waals surface area contributed by atoms with Crippen molar-refractivity contribution in [3.05, 3.63) is 24.3 Å². The lowest BCUT2D eigenvalue weighted by Gasteiger charge is -2.63. The molecule has 0 bridgehead atoms. The SMILES string of the molecule is C=C/C(C)=C/C[C@@]1(O)[C@@H](C)CC[C@@H]2[C@](C)(CO)CCC[C@@]21C. The first-order valence-electron chi connectivity index (χ1n) is 8.86. The average molecular weight is 306 g/mol. The van der Waals surface area contributed by atoms with Gasteiger partial charge in [0.05, 0.1) is 5.60 Å². The van der Waals surface area contributed by atoms with Crippen molar-refractivity contribution in [3.8, 4) is 0 Å². The van der Waals surface area contributed by atoms with Crippen LogP contribution >= 0.6 is 0 Å². The molecule has 0 aliphatic heterocycles. The molecule has 2 heteroatoms. The van der Waals surface area contributed by atoms with Crippen LogP contribution in [-0.2, 0) is 0 Å². The van der Waals surface area contributed by atoms with Gasteiger partial charge in [0.25, 0.3) is 0 Å². The molecule has 0 spiro atoms. The van der Waals surface area contributed by atoms with Gasteiger partial charge in [0.1, 0.15) is 0 Å². The van der Waals surface area contributed by atoms with Gasteiger partial charge in [0, 0.05) is 12.0 Å². The van der Waals surface area contributed by atoms with Gasteiger partial charge < -0.3 is 10.2 Å². The Morgan fingerprint density at radius 2 is 1.95 bits per heavy atom. The summed E-state index contributed by atoms with van der Waals surface area (Å²) in [5.74, 6) is 0.695. The molecule has 126 valence electrons. The molecule has 2 saturated carbocycles. The fourth-order valence-electron chi connectivity index (χ4n) is 5.40. The highest BCUT2D eigenvalue weighted by Crippen LogP contribution is 2.63. The molecule has 2 nitrogen and oxygen atoms in total. The lowest BCUT2D eigenvalue weighted by molar-refractivity contribution is -0.215. The van der Waals surface area contributed by atoms with Gasteiger partial charge in [-0.15, -0.1) is 0 Å². The van der Waals surface area contributed by atoms with E-state index in [0.29, 0.717) is 18.3 Å². The zero-order valence-electron chi connectivity index (χ0n) is 14.9. The summed E-state index contributed by atoms with van der Waals surface area (Å²) in [6, 6.07) is 0. The number of aliphatic hydroxyl groups excluding tert-OH is 1. The van der Waals surface area contributed by atoms with Crippen molar-refractivity contribution in [1.29, 1.82) is 0 Å². The number of fused-ring (bicyclic) bond motifs is 1. The molecule has 0 saturated heterocycles. The summed E-state index contributed by atoms with van der Waals surface area (Å²) in [5, 5.41) is 21.7. The van der Waals surface area contributed by atoms with Crippen molar-refractivity contribution in [2.24, 2.45) is 22.7 Å². The van der Waals surface area contributed by atoms with Crippen LogP contribution in [0.5, 0.6) is 0 Å². The lowest BCUT2D eigenvalue weighted by atomic mass is 9.44. The zero-order valence-corrected chi connectivity index (χ0v) is 14.9. The Morgan fingerprint density at radius 3 is 2.55 bits per heavy atom.